The Morgan fingerprint density at radius 3 is 2.71 bits per heavy atom. The van der Waals surface area contributed by atoms with Crippen LogP contribution in [-0.4, -0.2) is 78.0 Å². The van der Waals surface area contributed by atoms with Gasteiger partial charge in [-0.15, -0.1) is 0 Å². The number of ether oxygens (including phenoxy) is 1. The topological polar surface area (TPSA) is 91.0 Å². The lowest BCUT2D eigenvalue weighted by atomic mass is 9.73. The van der Waals surface area contributed by atoms with Crippen LogP contribution in [0.1, 0.15) is 59.3 Å². The normalized spacial score (nSPS) is 33.9. The molecule has 3 amide bonds. The third-order valence-corrected chi connectivity index (χ3v) is 10.1. The summed E-state index contributed by atoms with van der Waals surface area (Å²) in [6, 6.07) is 6.21. The molecule has 2 N–H and O–H groups in total. The molecule has 1 aromatic carbocycles. The number of likely N-dealkylation sites (tertiary alicyclic amines) is 1. The number of hydrogen-bond acceptors (Lipinski definition) is 5. The molecule has 0 aromatic heterocycles. The molecule has 9 heteroatoms. The zero-order chi connectivity index (χ0) is 29.3. The van der Waals surface area contributed by atoms with E-state index in [0.717, 1.165) is 51.6 Å². The summed E-state index contributed by atoms with van der Waals surface area (Å²) in [5.74, 6) is -1.25. The van der Waals surface area contributed by atoms with Crippen LogP contribution >= 0.6 is 11.6 Å². The number of benzene rings is 1. The summed E-state index contributed by atoms with van der Waals surface area (Å²) in [5.41, 5.74) is -0.588. The zero-order valence-electron chi connectivity index (χ0n) is 24.8. The maximum atomic E-state index is 14.2. The van der Waals surface area contributed by atoms with E-state index in [2.05, 4.69) is 43.4 Å². The van der Waals surface area contributed by atoms with Gasteiger partial charge in [-0.25, -0.2) is 0 Å². The van der Waals surface area contributed by atoms with Crippen LogP contribution in [0, 0.1) is 23.7 Å². The highest BCUT2D eigenvalue weighted by molar-refractivity contribution is 6.30. The minimum Gasteiger partial charge on any atom is -0.359 e. The van der Waals surface area contributed by atoms with Crippen molar-refractivity contribution in [1.29, 1.82) is 0 Å². The van der Waals surface area contributed by atoms with Gasteiger partial charge in [0.05, 0.1) is 17.9 Å². The first-order chi connectivity index (χ1) is 19.7. The highest BCUT2D eigenvalue weighted by Crippen LogP contribution is 2.55. The molecule has 1 aliphatic carbocycles. The Morgan fingerprint density at radius 2 is 1.95 bits per heavy atom. The van der Waals surface area contributed by atoms with Gasteiger partial charge >= 0.3 is 0 Å². The molecule has 8 atom stereocenters. The van der Waals surface area contributed by atoms with Crippen molar-refractivity contribution in [3.05, 3.63) is 41.4 Å². The number of fused-ring (bicyclic) bond motifs is 1. The first kappa shape index (κ1) is 30.1. The quantitative estimate of drug-likeness (QED) is 0.374. The van der Waals surface area contributed by atoms with E-state index >= 15 is 0 Å². The van der Waals surface area contributed by atoms with Crippen molar-refractivity contribution >= 4 is 35.0 Å². The fraction of sp³-hybridized carbons (Fsp3) is 0.656. The summed E-state index contributed by atoms with van der Waals surface area (Å²) < 4.78 is 6.50. The molecule has 0 unspecified atom stereocenters. The van der Waals surface area contributed by atoms with E-state index in [1.165, 1.54) is 0 Å². The molecule has 5 rings (SSSR count). The van der Waals surface area contributed by atoms with Gasteiger partial charge in [0.15, 0.2) is 0 Å². The number of halogens is 1. The van der Waals surface area contributed by atoms with Crippen molar-refractivity contribution in [2.24, 2.45) is 23.7 Å². The summed E-state index contributed by atoms with van der Waals surface area (Å²) in [6.45, 7) is 8.88. The molecule has 1 spiro atoms. The predicted molar refractivity (Wildman–Crippen MR) is 160 cm³/mol. The standard InChI is InChI=1S/C32H45ClN4O4/c1-5-6-16-36(4)17-9-18-37-28(30(39)35-24-13-7-10-20(2)21(24)3)32-15-14-25(41-32)26(27(32)31(37)40)29(38)34-23-12-8-11-22(33)19-23/h8,11-12,14-15,19-21,24-28H,5-7,9-10,13,16-18H2,1-4H3,(H,34,38)(H,35,39)/t20-,21-,24+,25+,26+,27+,28-,32-/m0/s1. The van der Waals surface area contributed by atoms with Crippen molar-refractivity contribution in [2.75, 3.05) is 32.0 Å². The average Bonchev–Trinajstić information content (AvgIpc) is 3.57. The first-order valence-corrected chi connectivity index (χ1v) is 15.8. The molecule has 4 aliphatic rings. The minimum atomic E-state index is -1.15. The number of amides is 3. The summed E-state index contributed by atoms with van der Waals surface area (Å²) in [4.78, 5) is 45.9. The van der Waals surface area contributed by atoms with Crippen LogP contribution in [0.25, 0.3) is 0 Å². The van der Waals surface area contributed by atoms with Gasteiger partial charge in [-0.05, 0) is 69.4 Å². The molecule has 224 valence electrons. The number of carbonyl (C=O) groups excluding carboxylic acids is 3. The second-order valence-corrected chi connectivity index (χ2v) is 13.1. The summed E-state index contributed by atoms with van der Waals surface area (Å²) in [5, 5.41) is 6.78. The van der Waals surface area contributed by atoms with Gasteiger partial charge in [-0.2, -0.15) is 0 Å². The van der Waals surface area contributed by atoms with Crippen molar-refractivity contribution in [3.8, 4) is 0 Å². The number of rotatable bonds is 11. The number of nitrogens with one attached hydrogen (secondary N) is 2. The van der Waals surface area contributed by atoms with E-state index in [1.807, 2.05) is 12.2 Å². The Balaban J connectivity index is 1.39. The molecule has 2 saturated heterocycles. The molecule has 3 fully saturated rings. The SMILES string of the molecule is CCCCN(C)CCCN1C(=O)[C@H]2[C@H](C(=O)Nc3cccc(Cl)c3)[C@H]3C=C[C@@]2(O3)[C@@H]1C(=O)N[C@@H]1CCC[C@H](C)[C@@H]1C. The monoisotopic (exact) mass is 584 g/mol. The van der Waals surface area contributed by atoms with Crippen LogP contribution in [0.5, 0.6) is 0 Å². The fourth-order valence-electron chi connectivity index (χ4n) is 7.40. The lowest BCUT2D eigenvalue weighted by molar-refractivity contribution is -0.141. The third-order valence-electron chi connectivity index (χ3n) is 9.88. The van der Waals surface area contributed by atoms with E-state index in [-0.39, 0.29) is 23.8 Å². The molecule has 41 heavy (non-hydrogen) atoms. The second kappa shape index (κ2) is 12.4. The van der Waals surface area contributed by atoms with Crippen LogP contribution in [0.2, 0.25) is 5.02 Å². The maximum Gasteiger partial charge on any atom is 0.246 e. The van der Waals surface area contributed by atoms with Crippen molar-refractivity contribution < 1.29 is 19.1 Å². The Bertz CT molecular complexity index is 1180. The first-order valence-electron chi connectivity index (χ1n) is 15.4. The molecular weight excluding hydrogens is 540 g/mol. The van der Waals surface area contributed by atoms with Gasteiger partial charge in [-0.3, -0.25) is 14.4 Å². The van der Waals surface area contributed by atoms with Gasteiger partial charge in [0.25, 0.3) is 0 Å². The van der Waals surface area contributed by atoms with Crippen LogP contribution in [0.4, 0.5) is 5.69 Å². The highest BCUT2D eigenvalue weighted by Gasteiger charge is 2.72. The summed E-state index contributed by atoms with van der Waals surface area (Å²) in [7, 11) is 2.09. The smallest absolute Gasteiger partial charge is 0.246 e. The van der Waals surface area contributed by atoms with Crippen molar-refractivity contribution in [2.45, 2.75) is 83.1 Å². The lowest BCUT2D eigenvalue weighted by Crippen LogP contribution is -2.58. The zero-order valence-corrected chi connectivity index (χ0v) is 25.5. The number of carbonyl (C=O) groups is 3. The second-order valence-electron chi connectivity index (χ2n) is 12.6. The molecule has 3 aliphatic heterocycles. The molecule has 8 nitrogen and oxygen atoms in total. The Hall–Kier alpha value is -2.42. The molecule has 0 radical (unpaired) electrons. The van der Waals surface area contributed by atoms with Crippen molar-refractivity contribution in [1.82, 2.24) is 15.1 Å². The van der Waals surface area contributed by atoms with E-state index in [9.17, 15) is 14.4 Å². The number of nitrogens with zero attached hydrogens (tertiary/aromatic N) is 2. The Kier molecular flexibility index (Phi) is 9.12. The Labute approximate surface area is 249 Å². The summed E-state index contributed by atoms with van der Waals surface area (Å²) >= 11 is 6.14. The molecule has 3 heterocycles. The number of unbranched alkanes of at least 4 members (excludes halogenated alkanes) is 1. The van der Waals surface area contributed by atoms with Gasteiger partial charge in [0, 0.05) is 23.3 Å². The van der Waals surface area contributed by atoms with Gasteiger partial charge in [0.1, 0.15) is 11.6 Å². The predicted octanol–water partition coefficient (Wildman–Crippen LogP) is 4.49. The third kappa shape index (κ3) is 5.80. The largest absolute Gasteiger partial charge is 0.359 e. The van der Waals surface area contributed by atoms with Gasteiger partial charge < -0.3 is 25.2 Å². The molecular formula is C32H45ClN4O4. The average molecular weight is 585 g/mol. The van der Waals surface area contributed by atoms with E-state index in [1.54, 1.807) is 29.2 Å². The molecule has 1 aromatic rings. The fourth-order valence-corrected chi connectivity index (χ4v) is 7.59. The van der Waals surface area contributed by atoms with Gasteiger partial charge in [-0.1, -0.05) is 69.9 Å². The number of anilines is 1. The van der Waals surface area contributed by atoms with E-state index in [4.69, 9.17) is 16.3 Å². The lowest BCUT2D eigenvalue weighted by Gasteiger charge is -2.38. The van der Waals surface area contributed by atoms with Crippen LogP contribution < -0.4 is 10.6 Å². The Morgan fingerprint density at radius 1 is 1.17 bits per heavy atom. The van der Waals surface area contributed by atoms with E-state index in [0.29, 0.717) is 29.1 Å². The number of hydrogen-bond donors (Lipinski definition) is 2. The summed E-state index contributed by atoms with van der Waals surface area (Å²) in [6.07, 6.45) is 9.34. The minimum absolute atomic E-state index is 0.0586. The maximum absolute atomic E-state index is 14.2. The van der Waals surface area contributed by atoms with Crippen LogP contribution in [0.3, 0.4) is 0 Å². The molecule has 1 saturated carbocycles. The van der Waals surface area contributed by atoms with Crippen LogP contribution in [-0.2, 0) is 19.1 Å². The van der Waals surface area contributed by atoms with Gasteiger partial charge in [0.2, 0.25) is 17.7 Å². The molecule has 2 bridgehead atoms. The van der Waals surface area contributed by atoms with Crippen LogP contribution in [0.15, 0.2) is 36.4 Å². The van der Waals surface area contributed by atoms with E-state index < -0.39 is 29.6 Å². The van der Waals surface area contributed by atoms with Crippen molar-refractivity contribution in [3.63, 3.8) is 0 Å². The highest BCUT2D eigenvalue weighted by atomic mass is 35.5.